The average Bonchev–Trinajstić information content (AvgIpc) is 2.78. The summed E-state index contributed by atoms with van der Waals surface area (Å²) in [7, 11) is 2.16. The van der Waals surface area contributed by atoms with Gasteiger partial charge in [0.25, 0.3) is 0 Å². The number of nitrogens with one attached hydrogen (secondary N) is 1. The van der Waals surface area contributed by atoms with Crippen LogP contribution in [0, 0.1) is 5.92 Å². The average molecular weight is 268 g/mol. The van der Waals surface area contributed by atoms with Crippen molar-refractivity contribution in [3.63, 3.8) is 0 Å². The van der Waals surface area contributed by atoms with Gasteiger partial charge < -0.3 is 14.7 Å². The van der Waals surface area contributed by atoms with Gasteiger partial charge in [-0.15, -0.1) is 0 Å². The van der Waals surface area contributed by atoms with Gasteiger partial charge in [0.1, 0.15) is 0 Å². The highest BCUT2D eigenvalue weighted by molar-refractivity contribution is 5.89. The molecular weight excluding hydrogens is 242 g/mol. The molecule has 2 saturated heterocycles. The number of amides is 2. The van der Waals surface area contributed by atoms with Crippen molar-refractivity contribution in [1.29, 1.82) is 0 Å². The molecule has 0 aromatic rings. The fourth-order valence-electron chi connectivity index (χ4n) is 2.87. The molecule has 2 fully saturated rings. The van der Waals surface area contributed by atoms with Crippen molar-refractivity contribution in [2.75, 3.05) is 46.3 Å². The zero-order valence-corrected chi connectivity index (χ0v) is 12.2. The van der Waals surface area contributed by atoms with Crippen LogP contribution in [-0.4, -0.2) is 67.9 Å². The van der Waals surface area contributed by atoms with E-state index in [2.05, 4.69) is 14.0 Å². The van der Waals surface area contributed by atoms with Crippen molar-refractivity contribution in [3.05, 3.63) is 0 Å². The minimum absolute atomic E-state index is 0.0947. The zero-order valence-electron chi connectivity index (χ0n) is 12.2. The highest BCUT2D eigenvalue weighted by atomic mass is 16.2. The number of rotatable bonds is 4. The number of nitrogens with zero attached hydrogens (tertiary/aromatic N) is 2. The molecule has 0 aromatic carbocycles. The number of quaternary nitrogens is 1. The molecule has 1 N–H and O–H groups in total. The van der Waals surface area contributed by atoms with E-state index in [1.165, 1.54) is 4.90 Å². The van der Waals surface area contributed by atoms with E-state index in [0.29, 0.717) is 13.0 Å². The maximum Gasteiger partial charge on any atom is 0.228 e. The molecule has 0 radical (unpaired) electrons. The Kier molecular flexibility index (Phi) is 4.80. The van der Waals surface area contributed by atoms with E-state index in [9.17, 15) is 9.59 Å². The molecule has 0 aliphatic carbocycles. The molecule has 0 bridgehead atoms. The van der Waals surface area contributed by atoms with Crippen LogP contribution in [0.2, 0.25) is 0 Å². The lowest BCUT2D eigenvalue weighted by Gasteiger charge is -2.31. The van der Waals surface area contributed by atoms with Gasteiger partial charge in [0.15, 0.2) is 0 Å². The Morgan fingerprint density at radius 3 is 2.68 bits per heavy atom. The summed E-state index contributed by atoms with van der Waals surface area (Å²) in [4.78, 5) is 29.6. The van der Waals surface area contributed by atoms with E-state index in [4.69, 9.17) is 0 Å². The molecule has 19 heavy (non-hydrogen) atoms. The summed E-state index contributed by atoms with van der Waals surface area (Å²) in [5.74, 6) is 0.258. The summed E-state index contributed by atoms with van der Waals surface area (Å²) < 4.78 is 0. The van der Waals surface area contributed by atoms with Gasteiger partial charge in [-0.2, -0.15) is 0 Å². The normalized spacial score (nSPS) is 25.2. The number of piperazine rings is 1. The van der Waals surface area contributed by atoms with Crippen molar-refractivity contribution >= 4 is 11.8 Å². The first-order valence-corrected chi connectivity index (χ1v) is 7.49. The Bertz CT molecular complexity index is 338. The van der Waals surface area contributed by atoms with Gasteiger partial charge in [0, 0.05) is 19.5 Å². The minimum atomic E-state index is -0.0947. The fourth-order valence-corrected chi connectivity index (χ4v) is 2.87. The number of carbonyl (C=O) groups excluding carboxylic acids is 2. The largest absolute Gasteiger partial charge is 0.342 e. The molecule has 5 nitrogen and oxygen atoms in total. The lowest BCUT2D eigenvalue weighted by Crippen LogP contribution is -3.12. The zero-order chi connectivity index (χ0) is 13.8. The van der Waals surface area contributed by atoms with Crippen LogP contribution < -0.4 is 4.90 Å². The second-order valence-corrected chi connectivity index (χ2v) is 5.88. The van der Waals surface area contributed by atoms with E-state index >= 15 is 0 Å². The van der Waals surface area contributed by atoms with Gasteiger partial charge in [0.05, 0.1) is 39.1 Å². The topological polar surface area (TPSA) is 45.1 Å². The van der Waals surface area contributed by atoms with E-state index < -0.39 is 0 Å². The van der Waals surface area contributed by atoms with Crippen LogP contribution >= 0.6 is 0 Å². The quantitative estimate of drug-likeness (QED) is 0.710. The van der Waals surface area contributed by atoms with Crippen molar-refractivity contribution in [3.8, 4) is 0 Å². The second kappa shape index (κ2) is 6.37. The third-order valence-electron chi connectivity index (χ3n) is 4.27. The Balaban J connectivity index is 1.85. The Morgan fingerprint density at radius 2 is 2.05 bits per heavy atom. The summed E-state index contributed by atoms with van der Waals surface area (Å²) in [5, 5.41) is 0. The van der Waals surface area contributed by atoms with Crippen LogP contribution in [0.4, 0.5) is 0 Å². The predicted octanol–water partition coefficient (Wildman–Crippen LogP) is -1.01. The lowest BCUT2D eigenvalue weighted by atomic mass is 10.1. The fraction of sp³-hybridized carbons (Fsp3) is 0.857. The molecule has 5 heteroatoms. The number of hydrogen-bond donors (Lipinski definition) is 1. The predicted molar refractivity (Wildman–Crippen MR) is 72.8 cm³/mol. The molecule has 0 saturated carbocycles. The second-order valence-electron chi connectivity index (χ2n) is 5.88. The highest BCUT2D eigenvalue weighted by Gasteiger charge is 2.37. The van der Waals surface area contributed by atoms with E-state index in [1.807, 2.05) is 9.80 Å². The molecule has 2 aliphatic heterocycles. The molecular formula is C14H26N3O2+. The van der Waals surface area contributed by atoms with Gasteiger partial charge in [0.2, 0.25) is 11.8 Å². The number of hydrogen-bond acceptors (Lipinski definition) is 2. The number of likely N-dealkylation sites (tertiary alicyclic amines) is 1. The van der Waals surface area contributed by atoms with Gasteiger partial charge in [-0.05, 0) is 6.42 Å². The van der Waals surface area contributed by atoms with E-state index in [0.717, 1.165) is 45.6 Å². The molecule has 0 aromatic heterocycles. The molecule has 108 valence electrons. The van der Waals surface area contributed by atoms with Gasteiger partial charge >= 0.3 is 0 Å². The van der Waals surface area contributed by atoms with Crippen LogP contribution in [0.3, 0.4) is 0 Å². The first-order chi connectivity index (χ1) is 9.11. The van der Waals surface area contributed by atoms with Crippen LogP contribution in [0.1, 0.15) is 26.2 Å². The van der Waals surface area contributed by atoms with Crippen LogP contribution in [0.25, 0.3) is 0 Å². The smallest absolute Gasteiger partial charge is 0.228 e. The van der Waals surface area contributed by atoms with Crippen LogP contribution in [0.5, 0.6) is 0 Å². The molecule has 1 atom stereocenters. The first-order valence-electron chi connectivity index (χ1n) is 7.49. The summed E-state index contributed by atoms with van der Waals surface area (Å²) in [6.07, 6.45) is 2.54. The Labute approximate surface area is 115 Å². The molecule has 0 spiro atoms. The summed E-state index contributed by atoms with van der Waals surface area (Å²) in [6.45, 7) is 7.28. The standard InChI is InChI=1S/C14H25N3O2/c1-3-4-5-17-11-12(10-13(17)18)14(19)16-8-6-15(2)7-9-16/h12H,3-11H2,1-2H3/p+1/t12-/m0/s1. The van der Waals surface area contributed by atoms with Crippen molar-refractivity contribution in [2.45, 2.75) is 26.2 Å². The first kappa shape index (κ1) is 14.3. The maximum atomic E-state index is 12.4. The van der Waals surface area contributed by atoms with Gasteiger partial charge in [-0.3, -0.25) is 9.59 Å². The molecule has 2 amide bonds. The van der Waals surface area contributed by atoms with Crippen LogP contribution in [-0.2, 0) is 9.59 Å². The van der Waals surface area contributed by atoms with Crippen LogP contribution in [0.15, 0.2) is 0 Å². The monoisotopic (exact) mass is 268 g/mol. The van der Waals surface area contributed by atoms with E-state index in [-0.39, 0.29) is 17.7 Å². The Morgan fingerprint density at radius 1 is 1.37 bits per heavy atom. The van der Waals surface area contributed by atoms with Crippen molar-refractivity contribution in [2.24, 2.45) is 5.92 Å². The summed E-state index contributed by atoms with van der Waals surface area (Å²) in [5.41, 5.74) is 0. The van der Waals surface area contributed by atoms with Gasteiger partial charge in [-0.1, -0.05) is 13.3 Å². The minimum Gasteiger partial charge on any atom is -0.342 e. The Hall–Kier alpha value is -1.10. The summed E-state index contributed by atoms with van der Waals surface area (Å²) >= 11 is 0. The number of unbranched alkanes of at least 4 members (excludes halogenated alkanes) is 1. The lowest BCUT2D eigenvalue weighted by molar-refractivity contribution is -0.883. The molecule has 2 rings (SSSR count). The molecule has 2 heterocycles. The molecule has 2 aliphatic rings. The third kappa shape index (κ3) is 3.47. The van der Waals surface area contributed by atoms with E-state index in [1.54, 1.807) is 0 Å². The third-order valence-corrected chi connectivity index (χ3v) is 4.27. The number of likely N-dealkylation sites (N-methyl/N-ethyl adjacent to an activating group) is 1. The SMILES string of the molecule is CCCCN1C[C@@H](C(=O)N2CC[NH+](C)CC2)CC1=O. The molecule has 0 unspecified atom stereocenters. The van der Waals surface area contributed by atoms with Gasteiger partial charge in [-0.25, -0.2) is 0 Å². The van der Waals surface area contributed by atoms with Crippen molar-refractivity contribution < 1.29 is 14.5 Å². The summed E-state index contributed by atoms with van der Waals surface area (Å²) in [6, 6.07) is 0. The highest BCUT2D eigenvalue weighted by Crippen LogP contribution is 2.20. The number of carbonyl (C=O) groups is 2. The van der Waals surface area contributed by atoms with Crippen molar-refractivity contribution in [1.82, 2.24) is 9.80 Å². The maximum absolute atomic E-state index is 12.4.